The summed E-state index contributed by atoms with van der Waals surface area (Å²) in [7, 11) is 1.68. The lowest BCUT2D eigenvalue weighted by Gasteiger charge is -2.31. The summed E-state index contributed by atoms with van der Waals surface area (Å²) in [6.45, 7) is 2.84. The van der Waals surface area contributed by atoms with Crippen LogP contribution in [0.3, 0.4) is 0 Å². The fourth-order valence-corrected chi connectivity index (χ4v) is 3.48. The minimum absolute atomic E-state index is 0.0773. The first-order valence-electron chi connectivity index (χ1n) is 8.29. The molecule has 0 aromatic heterocycles. The molecule has 0 aliphatic carbocycles. The lowest BCUT2D eigenvalue weighted by Crippen LogP contribution is -2.46. The summed E-state index contributed by atoms with van der Waals surface area (Å²) in [5.74, 6) is 0.852. The van der Waals surface area contributed by atoms with Crippen molar-refractivity contribution < 1.29 is 4.74 Å². The lowest BCUT2D eigenvalue weighted by molar-refractivity contribution is 0.232. The van der Waals surface area contributed by atoms with Gasteiger partial charge in [-0.05, 0) is 41.8 Å². The standard InChI is InChI=1S/C19H22N4O/c1-24-15-5-6-18-14(9-15)10-21-19(22-18)12-23-8-7-16-13(11-23)3-2-4-17(16)20/h2-6,9-10,19,21H,7-8,11-12,20H2,1H3. The predicted molar refractivity (Wildman–Crippen MR) is 95.0 cm³/mol. The van der Waals surface area contributed by atoms with Crippen LogP contribution in [0.5, 0.6) is 5.75 Å². The van der Waals surface area contributed by atoms with E-state index >= 15 is 0 Å². The van der Waals surface area contributed by atoms with E-state index in [2.05, 4.69) is 16.3 Å². The highest BCUT2D eigenvalue weighted by atomic mass is 16.5. The summed E-state index contributed by atoms with van der Waals surface area (Å²) in [4.78, 5) is 7.26. The van der Waals surface area contributed by atoms with Crippen molar-refractivity contribution in [3.63, 3.8) is 0 Å². The predicted octanol–water partition coefficient (Wildman–Crippen LogP) is 0.623. The van der Waals surface area contributed by atoms with Crippen molar-refractivity contribution in [1.29, 1.82) is 0 Å². The van der Waals surface area contributed by atoms with Crippen LogP contribution in [-0.4, -0.2) is 31.3 Å². The minimum Gasteiger partial charge on any atom is -0.497 e. The molecule has 4 rings (SSSR count). The van der Waals surface area contributed by atoms with Crippen molar-refractivity contribution in [2.45, 2.75) is 19.1 Å². The molecule has 2 aromatic carbocycles. The lowest BCUT2D eigenvalue weighted by atomic mass is 9.98. The molecule has 0 fully saturated rings. The van der Waals surface area contributed by atoms with Gasteiger partial charge in [0.25, 0.3) is 0 Å². The molecule has 5 nitrogen and oxygen atoms in total. The molecule has 0 radical (unpaired) electrons. The number of nitrogen functional groups attached to an aromatic ring is 1. The summed E-state index contributed by atoms with van der Waals surface area (Å²) < 4.78 is 5.26. The van der Waals surface area contributed by atoms with Crippen LogP contribution in [0.4, 0.5) is 5.69 Å². The molecule has 1 unspecified atom stereocenters. The highest BCUT2D eigenvalue weighted by molar-refractivity contribution is 5.51. The zero-order valence-electron chi connectivity index (χ0n) is 13.8. The van der Waals surface area contributed by atoms with Gasteiger partial charge in [-0.3, -0.25) is 9.89 Å². The Morgan fingerprint density at radius 1 is 1.33 bits per heavy atom. The maximum absolute atomic E-state index is 6.08. The molecular formula is C19H22N4O. The zero-order valence-corrected chi connectivity index (χ0v) is 13.8. The SMILES string of the molecule is COc1ccc2c(c1)=CNC(CN1CCc3c(N)cccc3C1)N=2. The minimum atomic E-state index is 0.0773. The number of nitrogens with one attached hydrogen (secondary N) is 1. The van der Waals surface area contributed by atoms with E-state index in [1.165, 1.54) is 11.1 Å². The van der Waals surface area contributed by atoms with Crippen LogP contribution in [0.15, 0.2) is 41.4 Å². The maximum Gasteiger partial charge on any atom is 0.131 e. The van der Waals surface area contributed by atoms with E-state index in [1.807, 2.05) is 36.5 Å². The number of nitrogens with two attached hydrogens (primary N) is 1. The van der Waals surface area contributed by atoms with E-state index < -0.39 is 0 Å². The highest BCUT2D eigenvalue weighted by Crippen LogP contribution is 2.24. The molecule has 0 spiro atoms. The van der Waals surface area contributed by atoms with Crippen LogP contribution >= 0.6 is 0 Å². The van der Waals surface area contributed by atoms with Crippen LogP contribution in [-0.2, 0) is 13.0 Å². The number of fused-ring (bicyclic) bond motifs is 2. The molecule has 2 heterocycles. The summed E-state index contributed by atoms with van der Waals surface area (Å²) >= 11 is 0. The zero-order chi connectivity index (χ0) is 16.5. The third-order valence-electron chi connectivity index (χ3n) is 4.77. The first kappa shape index (κ1) is 15.0. The second kappa shape index (κ2) is 6.17. The number of benzene rings is 2. The van der Waals surface area contributed by atoms with Crippen molar-refractivity contribution in [3.05, 3.63) is 58.1 Å². The Bertz CT molecular complexity index is 877. The van der Waals surface area contributed by atoms with E-state index in [0.717, 1.165) is 48.1 Å². The summed E-state index contributed by atoms with van der Waals surface area (Å²) in [6.07, 6.45) is 3.12. The van der Waals surface area contributed by atoms with Crippen LogP contribution < -0.4 is 26.4 Å². The maximum atomic E-state index is 6.08. The molecule has 0 saturated carbocycles. The first-order valence-corrected chi connectivity index (χ1v) is 8.29. The van der Waals surface area contributed by atoms with Gasteiger partial charge in [-0.15, -0.1) is 0 Å². The number of nitrogens with zero attached hydrogens (tertiary/aromatic N) is 2. The summed E-state index contributed by atoms with van der Waals surface area (Å²) in [5, 5.41) is 5.48. The molecule has 2 aliphatic heterocycles. The quantitative estimate of drug-likeness (QED) is 0.814. The van der Waals surface area contributed by atoms with Gasteiger partial charge in [0.15, 0.2) is 0 Å². The molecule has 1 atom stereocenters. The monoisotopic (exact) mass is 322 g/mol. The van der Waals surface area contributed by atoms with E-state index in [4.69, 9.17) is 15.5 Å². The molecular weight excluding hydrogens is 300 g/mol. The number of hydrogen-bond donors (Lipinski definition) is 2. The van der Waals surface area contributed by atoms with E-state index in [9.17, 15) is 0 Å². The molecule has 0 amide bonds. The van der Waals surface area contributed by atoms with Crippen molar-refractivity contribution >= 4 is 11.9 Å². The van der Waals surface area contributed by atoms with Crippen LogP contribution in [0.1, 0.15) is 11.1 Å². The normalized spacial score (nSPS) is 19.3. The van der Waals surface area contributed by atoms with Gasteiger partial charge < -0.3 is 15.8 Å². The molecule has 0 bridgehead atoms. The van der Waals surface area contributed by atoms with Crippen molar-refractivity contribution in [3.8, 4) is 5.75 Å². The van der Waals surface area contributed by atoms with Crippen LogP contribution in [0, 0.1) is 0 Å². The van der Waals surface area contributed by atoms with Gasteiger partial charge >= 0.3 is 0 Å². The van der Waals surface area contributed by atoms with E-state index in [-0.39, 0.29) is 6.17 Å². The molecule has 124 valence electrons. The smallest absolute Gasteiger partial charge is 0.131 e. The molecule has 2 aromatic rings. The molecule has 3 N–H and O–H groups in total. The van der Waals surface area contributed by atoms with Crippen LogP contribution in [0.2, 0.25) is 0 Å². The number of methoxy groups -OCH3 is 1. The van der Waals surface area contributed by atoms with Crippen LogP contribution in [0.25, 0.3) is 6.20 Å². The fraction of sp³-hybridized carbons (Fsp3) is 0.316. The Balaban J connectivity index is 1.50. The highest BCUT2D eigenvalue weighted by Gasteiger charge is 2.20. The van der Waals surface area contributed by atoms with Gasteiger partial charge in [-0.2, -0.15) is 0 Å². The van der Waals surface area contributed by atoms with E-state index in [0.29, 0.717) is 0 Å². The van der Waals surface area contributed by atoms with Gasteiger partial charge in [0, 0.05) is 36.7 Å². The molecule has 5 heteroatoms. The number of ether oxygens (including phenoxy) is 1. The summed E-state index contributed by atoms with van der Waals surface area (Å²) in [5.41, 5.74) is 9.65. The average molecular weight is 322 g/mol. The average Bonchev–Trinajstić information content (AvgIpc) is 2.61. The van der Waals surface area contributed by atoms with Gasteiger partial charge in [0.1, 0.15) is 11.9 Å². The number of rotatable bonds is 3. The van der Waals surface area contributed by atoms with E-state index in [1.54, 1.807) is 7.11 Å². The number of hydrogen-bond acceptors (Lipinski definition) is 5. The van der Waals surface area contributed by atoms with Gasteiger partial charge in [-0.25, -0.2) is 0 Å². The Morgan fingerprint density at radius 3 is 3.12 bits per heavy atom. The van der Waals surface area contributed by atoms with Gasteiger partial charge in [0.2, 0.25) is 0 Å². The van der Waals surface area contributed by atoms with Gasteiger partial charge in [0.05, 0.1) is 12.5 Å². The number of anilines is 1. The first-order chi connectivity index (χ1) is 11.7. The fourth-order valence-electron chi connectivity index (χ4n) is 3.48. The molecule has 24 heavy (non-hydrogen) atoms. The Hall–Kier alpha value is -2.53. The summed E-state index contributed by atoms with van der Waals surface area (Å²) in [6, 6.07) is 12.2. The Kier molecular flexibility index (Phi) is 3.86. The van der Waals surface area contributed by atoms with Crippen molar-refractivity contribution in [2.75, 3.05) is 25.9 Å². The molecule has 0 saturated heterocycles. The second-order valence-corrected chi connectivity index (χ2v) is 6.35. The molecule has 2 aliphatic rings. The topological polar surface area (TPSA) is 62.9 Å². The van der Waals surface area contributed by atoms with Gasteiger partial charge in [-0.1, -0.05) is 12.1 Å². The van der Waals surface area contributed by atoms with Crippen molar-refractivity contribution in [1.82, 2.24) is 10.2 Å². The largest absolute Gasteiger partial charge is 0.497 e. The Morgan fingerprint density at radius 2 is 2.25 bits per heavy atom. The Labute approximate surface area is 141 Å². The van der Waals surface area contributed by atoms with Crippen molar-refractivity contribution in [2.24, 2.45) is 4.99 Å². The second-order valence-electron chi connectivity index (χ2n) is 6.35. The third kappa shape index (κ3) is 2.83. The third-order valence-corrected chi connectivity index (χ3v) is 4.77.